The van der Waals surface area contributed by atoms with Gasteiger partial charge in [0.25, 0.3) is 0 Å². The fourth-order valence-corrected chi connectivity index (χ4v) is 4.61. The van der Waals surface area contributed by atoms with Crippen molar-refractivity contribution in [2.45, 2.75) is 58.8 Å². The number of piperidine rings is 1. The molecule has 4 rings (SSSR count). The van der Waals surface area contributed by atoms with E-state index >= 15 is 0 Å². The fraction of sp³-hybridized carbons (Fsp3) is 0.520. The number of hydrogen-bond acceptors (Lipinski definition) is 4. The lowest BCUT2D eigenvalue weighted by Gasteiger charge is -2.34. The van der Waals surface area contributed by atoms with Crippen LogP contribution in [0.2, 0.25) is 0 Å². The summed E-state index contributed by atoms with van der Waals surface area (Å²) in [6.07, 6.45) is 3.42. The molecule has 1 aromatic heterocycles. The highest BCUT2D eigenvalue weighted by molar-refractivity contribution is 5.95. The molecule has 0 aliphatic carbocycles. The van der Waals surface area contributed by atoms with E-state index in [1.807, 2.05) is 47.1 Å². The minimum atomic E-state index is 0.159. The molecule has 6 heteroatoms. The number of amides is 2. The summed E-state index contributed by atoms with van der Waals surface area (Å²) in [6, 6.07) is 9.91. The molecule has 2 aliphatic rings. The molecule has 164 valence electrons. The van der Waals surface area contributed by atoms with Crippen molar-refractivity contribution in [1.29, 1.82) is 0 Å². The number of carbonyl (C=O) groups is 2. The number of aromatic nitrogens is 2. The van der Waals surface area contributed by atoms with Crippen molar-refractivity contribution in [3.8, 4) is 0 Å². The number of anilines is 1. The number of hydrogen-bond donors (Lipinski definition) is 0. The van der Waals surface area contributed by atoms with Gasteiger partial charge in [-0.15, -0.1) is 0 Å². The van der Waals surface area contributed by atoms with E-state index in [0.717, 1.165) is 60.8 Å². The number of benzene rings is 1. The maximum Gasteiger partial charge on any atom is 0.228 e. The lowest BCUT2D eigenvalue weighted by molar-refractivity contribution is -0.131. The number of carbonyl (C=O) groups excluding carboxylic acids is 2. The van der Waals surface area contributed by atoms with E-state index in [9.17, 15) is 9.59 Å². The first-order valence-corrected chi connectivity index (χ1v) is 11.4. The van der Waals surface area contributed by atoms with Crippen LogP contribution in [0, 0.1) is 12.8 Å². The molecule has 0 N–H and O–H groups in total. The highest BCUT2D eigenvalue weighted by Crippen LogP contribution is 2.33. The van der Waals surface area contributed by atoms with Crippen molar-refractivity contribution in [2.24, 2.45) is 5.92 Å². The monoisotopic (exact) mass is 420 g/mol. The van der Waals surface area contributed by atoms with Gasteiger partial charge in [-0.05, 0) is 37.7 Å². The number of fused-ring (bicyclic) bond motifs is 1. The molecular weight excluding hydrogens is 388 g/mol. The van der Waals surface area contributed by atoms with Crippen LogP contribution in [-0.4, -0.2) is 46.3 Å². The summed E-state index contributed by atoms with van der Waals surface area (Å²) in [5.74, 6) is 2.59. The van der Waals surface area contributed by atoms with Gasteiger partial charge >= 0.3 is 0 Å². The van der Waals surface area contributed by atoms with E-state index in [1.165, 1.54) is 0 Å². The Balaban J connectivity index is 1.46. The molecule has 2 aromatic rings. The predicted molar refractivity (Wildman–Crippen MR) is 121 cm³/mol. The zero-order valence-corrected chi connectivity index (χ0v) is 18.8. The van der Waals surface area contributed by atoms with Gasteiger partial charge in [-0.25, -0.2) is 9.97 Å². The third kappa shape index (κ3) is 4.78. The fourth-order valence-electron chi connectivity index (χ4n) is 4.61. The average molecular weight is 421 g/mol. The maximum atomic E-state index is 12.7. The number of likely N-dealkylation sites (tertiary alicyclic amines) is 1. The third-order valence-electron chi connectivity index (χ3n) is 6.31. The second-order valence-electron chi connectivity index (χ2n) is 9.19. The normalized spacial score (nSPS) is 17.2. The predicted octanol–water partition coefficient (Wildman–Crippen LogP) is 3.67. The van der Waals surface area contributed by atoms with Gasteiger partial charge in [0, 0.05) is 43.2 Å². The number of aryl methyl sites for hydroxylation is 1. The minimum absolute atomic E-state index is 0.159. The zero-order valence-electron chi connectivity index (χ0n) is 18.8. The van der Waals surface area contributed by atoms with Crippen molar-refractivity contribution in [3.05, 3.63) is 53.0 Å². The quantitative estimate of drug-likeness (QED) is 0.740. The molecule has 2 amide bonds. The molecule has 1 fully saturated rings. The van der Waals surface area contributed by atoms with Gasteiger partial charge in [0.05, 0.1) is 6.42 Å². The Morgan fingerprint density at radius 1 is 1.10 bits per heavy atom. The van der Waals surface area contributed by atoms with Crippen LogP contribution < -0.4 is 4.90 Å². The minimum Gasteiger partial charge on any atom is -0.342 e. The number of rotatable bonds is 5. The van der Waals surface area contributed by atoms with Crippen molar-refractivity contribution in [2.75, 3.05) is 24.5 Å². The summed E-state index contributed by atoms with van der Waals surface area (Å²) in [4.78, 5) is 38.8. The highest BCUT2D eigenvalue weighted by Gasteiger charge is 2.31. The molecule has 6 nitrogen and oxygen atoms in total. The van der Waals surface area contributed by atoms with Gasteiger partial charge in [-0.1, -0.05) is 44.2 Å². The molecule has 0 saturated carbocycles. The summed E-state index contributed by atoms with van der Waals surface area (Å²) in [6.45, 7) is 8.42. The Hall–Kier alpha value is -2.76. The Morgan fingerprint density at radius 3 is 2.48 bits per heavy atom. The van der Waals surface area contributed by atoms with E-state index in [4.69, 9.17) is 9.97 Å². The Labute approximate surface area is 184 Å². The van der Waals surface area contributed by atoms with E-state index in [2.05, 4.69) is 13.8 Å². The van der Waals surface area contributed by atoms with Crippen LogP contribution in [0.4, 0.5) is 5.82 Å². The van der Waals surface area contributed by atoms with Gasteiger partial charge in [-0.3, -0.25) is 14.5 Å². The number of nitrogens with zero attached hydrogens (tertiary/aromatic N) is 4. The van der Waals surface area contributed by atoms with Crippen molar-refractivity contribution in [1.82, 2.24) is 14.9 Å². The van der Waals surface area contributed by atoms with Gasteiger partial charge in [0.15, 0.2) is 0 Å². The van der Waals surface area contributed by atoms with Gasteiger partial charge in [0.1, 0.15) is 11.6 Å². The summed E-state index contributed by atoms with van der Waals surface area (Å²) < 4.78 is 0. The summed E-state index contributed by atoms with van der Waals surface area (Å²) >= 11 is 0. The van der Waals surface area contributed by atoms with Crippen molar-refractivity contribution in [3.63, 3.8) is 0 Å². The van der Waals surface area contributed by atoms with E-state index in [1.54, 1.807) is 0 Å². The Kier molecular flexibility index (Phi) is 6.35. The first-order chi connectivity index (χ1) is 14.9. The Morgan fingerprint density at radius 2 is 1.81 bits per heavy atom. The molecule has 0 atom stereocenters. The van der Waals surface area contributed by atoms with Crippen LogP contribution in [0.3, 0.4) is 0 Å². The lowest BCUT2D eigenvalue weighted by atomic mass is 9.94. The molecule has 0 bridgehead atoms. The van der Waals surface area contributed by atoms with Crippen LogP contribution in [0.1, 0.15) is 61.7 Å². The first-order valence-electron chi connectivity index (χ1n) is 11.4. The molecule has 0 spiro atoms. The largest absolute Gasteiger partial charge is 0.342 e. The zero-order chi connectivity index (χ0) is 22.0. The van der Waals surface area contributed by atoms with E-state index in [-0.39, 0.29) is 17.7 Å². The summed E-state index contributed by atoms with van der Waals surface area (Å²) in [7, 11) is 0. The third-order valence-corrected chi connectivity index (χ3v) is 6.31. The second kappa shape index (κ2) is 9.16. The molecule has 2 aliphatic heterocycles. The van der Waals surface area contributed by atoms with Crippen LogP contribution in [0.5, 0.6) is 0 Å². The molecule has 1 aromatic carbocycles. The van der Waals surface area contributed by atoms with Crippen molar-refractivity contribution < 1.29 is 9.59 Å². The van der Waals surface area contributed by atoms with Crippen LogP contribution in [0.25, 0.3) is 0 Å². The second-order valence-corrected chi connectivity index (χ2v) is 9.19. The lowest BCUT2D eigenvalue weighted by Crippen LogP contribution is -2.40. The molecule has 0 radical (unpaired) electrons. The van der Waals surface area contributed by atoms with Crippen LogP contribution >= 0.6 is 0 Å². The molecule has 31 heavy (non-hydrogen) atoms. The van der Waals surface area contributed by atoms with E-state index in [0.29, 0.717) is 25.3 Å². The van der Waals surface area contributed by atoms with Crippen LogP contribution in [-0.2, 0) is 22.4 Å². The van der Waals surface area contributed by atoms with Gasteiger partial charge in [-0.2, -0.15) is 0 Å². The highest BCUT2D eigenvalue weighted by atomic mass is 16.2. The molecule has 0 unspecified atom stereocenters. The van der Waals surface area contributed by atoms with Gasteiger partial charge < -0.3 is 4.90 Å². The summed E-state index contributed by atoms with van der Waals surface area (Å²) in [5.41, 5.74) is 3.15. The topological polar surface area (TPSA) is 66.4 Å². The standard InChI is InChI=1S/C25H32N4O2/c1-17(2)16-29-22(30)10-9-21-18(3)26-24(27-25(21)29)20-11-13-28(14-12-20)23(31)15-19-7-5-4-6-8-19/h4-8,17,20H,9-16H2,1-3H3. The maximum absolute atomic E-state index is 12.7. The molecule has 1 saturated heterocycles. The molecular formula is C25H32N4O2. The Bertz CT molecular complexity index is 949. The summed E-state index contributed by atoms with van der Waals surface area (Å²) in [5, 5.41) is 0. The first kappa shape index (κ1) is 21.5. The van der Waals surface area contributed by atoms with Crippen molar-refractivity contribution >= 4 is 17.6 Å². The molecule has 3 heterocycles. The van der Waals surface area contributed by atoms with Crippen LogP contribution in [0.15, 0.2) is 30.3 Å². The van der Waals surface area contributed by atoms with E-state index < -0.39 is 0 Å². The smallest absolute Gasteiger partial charge is 0.228 e. The average Bonchev–Trinajstić information content (AvgIpc) is 2.76. The van der Waals surface area contributed by atoms with Gasteiger partial charge in [0.2, 0.25) is 11.8 Å². The SMILES string of the molecule is Cc1nc(C2CCN(C(=O)Cc3ccccc3)CC2)nc2c1CCC(=O)N2CC(C)C.